The second-order valence-corrected chi connectivity index (χ2v) is 13.4. The number of hydrogen-bond acceptors (Lipinski definition) is 11. The van der Waals surface area contributed by atoms with Gasteiger partial charge in [-0.15, -0.1) is 0 Å². The molecule has 0 aromatic rings. The quantitative estimate of drug-likeness (QED) is 0.0856. The van der Waals surface area contributed by atoms with Crippen LogP contribution in [0.5, 0.6) is 0 Å². The lowest BCUT2D eigenvalue weighted by Gasteiger charge is -2.26. The molecule has 0 spiro atoms. The van der Waals surface area contributed by atoms with Gasteiger partial charge in [-0.2, -0.15) is 0 Å². The maximum absolute atomic E-state index is 5.96. The van der Waals surface area contributed by atoms with Crippen molar-refractivity contribution in [2.45, 2.75) is 58.5 Å². The molecule has 0 aliphatic rings. The molecule has 246 valence electrons. The molecule has 0 aromatic heterocycles. The zero-order chi connectivity index (χ0) is 28.2. The van der Waals surface area contributed by atoms with Gasteiger partial charge in [-0.1, -0.05) is 14.9 Å². The third-order valence-electron chi connectivity index (χ3n) is 5.84. The van der Waals surface area contributed by atoms with Crippen LogP contribution in [0.4, 0.5) is 0 Å². The minimum Gasteiger partial charge on any atom is -0.420 e. The predicted molar refractivity (Wildman–Crippen MR) is 161 cm³/mol. The van der Waals surface area contributed by atoms with Crippen LogP contribution in [-0.2, 0) is 51.8 Å². The first-order valence-electron chi connectivity index (χ1n) is 13.6. The molecule has 2 atom stereocenters. The van der Waals surface area contributed by atoms with Crippen LogP contribution < -0.4 is 0 Å². The monoisotopic (exact) mass is 604 g/mol. The molecule has 40 heavy (non-hydrogen) atoms. The summed E-state index contributed by atoms with van der Waals surface area (Å²) >= 11 is 0. The van der Waals surface area contributed by atoms with Gasteiger partial charge in [0.05, 0.1) is 79.3 Å². The average Bonchev–Trinajstić information content (AvgIpc) is 2.92. The lowest BCUT2D eigenvalue weighted by Crippen LogP contribution is -2.34. The summed E-state index contributed by atoms with van der Waals surface area (Å²) in [4.78, 5) is 0. The first-order chi connectivity index (χ1) is 18.5. The largest absolute Gasteiger partial charge is 0.420 e. The SMILES string of the molecule is C.C.COCCOCC(COCCC[Si](C)(CCCOCC(COCCOC)OCCOC)OC)OCCOC. The van der Waals surface area contributed by atoms with Crippen LogP contribution in [-0.4, -0.2) is 149 Å². The van der Waals surface area contributed by atoms with E-state index in [0.29, 0.717) is 92.5 Å². The van der Waals surface area contributed by atoms with Crippen molar-refractivity contribution in [2.24, 2.45) is 0 Å². The number of methoxy groups -OCH3 is 4. The van der Waals surface area contributed by atoms with Crippen molar-refractivity contribution in [3.05, 3.63) is 0 Å². The van der Waals surface area contributed by atoms with E-state index in [4.69, 9.17) is 51.8 Å². The minimum absolute atomic E-state index is 0. The van der Waals surface area contributed by atoms with E-state index < -0.39 is 8.32 Å². The van der Waals surface area contributed by atoms with Crippen LogP contribution in [0.1, 0.15) is 27.7 Å². The second kappa shape index (κ2) is 33.3. The first-order valence-corrected chi connectivity index (χ1v) is 16.4. The number of ether oxygens (including phenoxy) is 10. The van der Waals surface area contributed by atoms with E-state index in [9.17, 15) is 0 Å². The Balaban J connectivity index is -0.00000684. The van der Waals surface area contributed by atoms with Gasteiger partial charge in [0.2, 0.25) is 0 Å². The molecule has 2 unspecified atom stereocenters. The van der Waals surface area contributed by atoms with Crippen molar-refractivity contribution >= 4 is 8.32 Å². The minimum atomic E-state index is -1.82. The summed E-state index contributed by atoms with van der Waals surface area (Å²) in [5.74, 6) is 0. The van der Waals surface area contributed by atoms with Gasteiger partial charge in [0, 0.05) is 48.8 Å². The van der Waals surface area contributed by atoms with E-state index in [1.807, 2.05) is 7.11 Å². The molecular formula is C28H64O11Si. The summed E-state index contributed by atoms with van der Waals surface area (Å²) in [7, 11) is 6.62. The van der Waals surface area contributed by atoms with Crippen LogP contribution >= 0.6 is 0 Å². The van der Waals surface area contributed by atoms with E-state index in [0.717, 1.165) is 24.9 Å². The highest BCUT2D eigenvalue weighted by atomic mass is 28.4. The Hall–Kier alpha value is -0.223. The Kier molecular flexibility index (Phi) is 36.8. The molecule has 0 radical (unpaired) electrons. The Morgan fingerprint density at radius 3 is 1.10 bits per heavy atom. The zero-order valence-corrected chi connectivity index (χ0v) is 25.9. The molecular weight excluding hydrogens is 540 g/mol. The Morgan fingerprint density at radius 2 is 0.775 bits per heavy atom. The van der Waals surface area contributed by atoms with Gasteiger partial charge in [0.1, 0.15) is 12.2 Å². The Labute approximate surface area is 246 Å². The van der Waals surface area contributed by atoms with Crippen molar-refractivity contribution < 1.29 is 51.8 Å². The topological polar surface area (TPSA) is 102 Å². The zero-order valence-electron chi connectivity index (χ0n) is 24.9. The standard InChI is InChI=1S/C26H56O11Si.2CH4/c1-27-11-15-34-23-25(36-17-13-29-3)21-32-9-7-19-38(6,31-5)20-8-10-33-22-26(37-18-14-30-4)24-35-16-12-28-2;;/h25-26H,7-24H2,1-6H3;2*1H4. The molecule has 0 N–H and O–H groups in total. The number of hydrogen-bond donors (Lipinski definition) is 0. The van der Waals surface area contributed by atoms with E-state index >= 15 is 0 Å². The summed E-state index contributed by atoms with van der Waals surface area (Å²) < 4.78 is 60.8. The highest BCUT2D eigenvalue weighted by molar-refractivity contribution is 6.72. The Bertz CT molecular complexity index is 442. The van der Waals surface area contributed by atoms with Crippen LogP contribution in [0.3, 0.4) is 0 Å². The molecule has 12 heteroatoms. The van der Waals surface area contributed by atoms with E-state index in [1.165, 1.54) is 0 Å². The van der Waals surface area contributed by atoms with Crippen LogP contribution in [0.15, 0.2) is 0 Å². The van der Waals surface area contributed by atoms with Gasteiger partial charge in [0.25, 0.3) is 0 Å². The predicted octanol–water partition coefficient (Wildman–Crippen LogP) is 3.68. The molecule has 0 saturated carbocycles. The molecule has 0 aliphatic carbocycles. The third kappa shape index (κ3) is 27.9. The van der Waals surface area contributed by atoms with Crippen molar-refractivity contribution in [3.8, 4) is 0 Å². The molecule has 0 heterocycles. The fourth-order valence-corrected chi connectivity index (χ4v) is 5.90. The molecule has 0 saturated heterocycles. The fraction of sp³-hybridized carbons (Fsp3) is 1.00. The van der Waals surface area contributed by atoms with E-state index in [-0.39, 0.29) is 27.1 Å². The smallest absolute Gasteiger partial charge is 0.189 e. The highest BCUT2D eigenvalue weighted by Crippen LogP contribution is 2.20. The summed E-state index contributed by atoms with van der Waals surface area (Å²) in [5.41, 5.74) is 0. The summed E-state index contributed by atoms with van der Waals surface area (Å²) in [6.45, 7) is 9.78. The molecule has 0 rings (SSSR count). The van der Waals surface area contributed by atoms with Crippen LogP contribution in [0, 0.1) is 0 Å². The van der Waals surface area contributed by atoms with Crippen molar-refractivity contribution in [1.29, 1.82) is 0 Å². The highest BCUT2D eigenvalue weighted by Gasteiger charge is 2.26. The van der Waals surface area contributed by atoms with E-state index in [2.05, 4.69) is 6.55 Å². The normalized spacial score (nSPS) is 14.2. The maximum Gasteiger partial charge on any atom is 0.189 e. The van der Waals surface area contributed by atoms with Crippen molar-refractivity contribution in [1.82, 2.24) is 0 Å². The third-order valence-corrected chi connectivity index (χ3v) is 9.65. The van der Waals surface area contributed by atoms with Gasteiger partial charge in [-0.3, -0.25) is 0 Å². The Morgan fingerprint density at radius 1 is 0.450 bits per heavy atom. The average molecular weight is 605 g/mol. The van der Waals surface area contributed by atoms with Crippen molar-refractivity contribution in [2.75, 3.05) is 128 Å². The first kappa shape index (κ1) is 44.2. The molecule has 11 nitrogen and oxygen atoms in total. The van der Waals surface area contributed by atoms with Gasteiger partial charge in [-0.05, 0) is 31.5 Å². The lowest BCUT2D eigenvalue weighted by atomic mass is 10.4. The van der Waals surface area contributed by atoms with Gasteiger partial charge < -0.3 is 51.8 Å². The van der Waals surface area contributed by atoms with E-state index in [1.54, 1.807) is 28.4 Å². The second-order valence-electron chi connectivity index (χ2n) is 9.12. The van der Waals surface area contributed by atoms with Gasteiger partial charge in [0.15, 0.2) is 8.32 Å². The molecule has 0 bridgehead atoms. The number of rotatable bonds is 31. The summed E-state index contributed by atoms with van der Waals surface area (Å²) in [6.07, 6.45) is 1.64. The van der Waals surface area contributed by atoms with Crippen LogP contribution in [0.25, 0.3) is 0 Å². The van der Waals surface area contributed by atoms with Gasteiger partial charge in [-0.25, -0.2) is 0 Å². The fourth-order valence-electron chi connectivity index (χ4n) is 3.45. The summed E-state index contributed by atoms with van der Waals surface area (Å²) in [5, 5.41) is 0. The summed E-state index contributed by atoms with van der Waals surface area (Å²) in [6, 6.07) is 2.05. The molecule has 0 aromatic carbocycles. The maximum atomic E-state index is 5.96. The lowest BCUT2D eigenvalue weighted by molar-refractivity contribution is -0.0744. The molecule has 0 aliphatic heterocycles. The van der Waals surface area contributed by atoms with Gasteiger partial charge >= 0.3 is 0 Å². The van der Waals surface area contributed by atoms with Crippen LogP contribution in [0.2, 0.25) is 18.6 Å². The molecule has 0 fully saturated rings. The van der Waals surface area contributed by atoms with Crippen molar-refractivity contribution in [3.63, 3.8) is 0 Å². The molecule has 0 amide bonds.